The fraction of sp³-hybridized carbons (Fsp3) is 0.133. The molecule has 0 fully saturated rings. The molecule has 2 heterocycles. The smallest absolute Gasteiger partial charge is 0.325 e. The molecule has 122 valence electrons. The first kappa shape index (κ1) is 15.4. The zero-order chi connectivity index (χ0) is 17.3. The minimum Gasteiger partial charge on any atom is -0.480 e. The number of aliphatic carboxylic acids is 1. The number of carboxylic acid groups (broad SMARTS) is 1. The molecule has 9 heteroatoms. The lowest BCUT2D eigenvalue weighted by Crippen LogP contribution is -2.14. The Morgan fingerprint density at radius 3 is 2.54 bits per heavy atom. The number of primary amides is 1. The first-order valence-corrected chi connectivity index (χ1v) is 6.88. The van der Waals surface area contributed by atoms with Crippen LogP contribution in [0.1, 0.15) is 10.5 Å². The van der Waals surface area contributed by atoms with Gasteiger partial charge < -0.3 is 15.6 Å². The van der Waals surface area contributed by atoms with Crippen molar-refractivity contribution < 1.29 is 19.4 Å². The first-order chi connectivity index (χ1) is 11.5. The molecule has 9 nitrogen and oxygen atoms in total. The summed E-state index contributed by atoms with van der Waals surface area (Å²) in [6, 6.07) is 5.38. The van der Waals surface area contributed by atoms with Crippen molar-refractivity contribution in [3.63, 3.8) is 0 Å². The van der Waals surface area contributed by atoms with E-state index >= 15 is 0 Å². The number of amides is 1. The van der Waals surface area contributed by atoms with Crippen LogP contribution in [0.5, 0.6) is 6.01 Å². The SMILES string of the molecule is COc1ncc(-c2ccc3c(c2)c(C(N)=O)nn3CC(=O)O)cn1. The van der Waals surface area contributed by atoms with Crippen molar-refractivity contribution in [2.75, 3.05) is 7.11 Å². The summed E-state index contributed by atoms with van der Waals surface area (Å²) in [6.07, 6.45) is 3.16. The van der Waals surface area contributed by atoms with E-state index in [0.717, 1.165) is 5.56 Å². The fourth-order valence-electron chi connectivity index (χ4n) is 2.36. The van der Waals surface area contributed by atoms with Crippen LogP contribution in [-0.2, 0) is 11.3 Å². The molecule has 3 N–H and O–H groups in total. The highest BCUT2D eigenvalue weighted by molar-refractivity contribution is 6.05. The number of carboxylic acids is 1. The summed E-state index contributed by atoms with van der Waals surface area (Å²) >= 11 is 0. The van der Waals surface area contributed by atoms with Gasteiger partial charge in [0.05, 0.1) is 12.6 Å². The van der Waals surface area contributed by atoms with Crippen molar-refractivity contribution in [3.05, 3.63) is 36.3 Å². The first-order valence-electron chi connectivity index (χ1n) is 6.88. The quantitative estimate of drug-likeness (QED) is 0.704. The summed E-state index contributed by atoms with van der Waals surface area (Å²) in [5.74, 6) is -1.80. The van der Waals surface area contributed by atoms with Gasteiger partial charge in [0.15, 0.2) is 5.69 Å². The van der Waals surface area contributed by atoms with Gasteiger partial charge in [0.25, 0.3) is 5.91 Å². The number of benzene rings is 1. The lowest BCUT2D eigenvalue weighted by molar-refractivity contribution is -0.137. The van der Waals surface area contributed by atoms with Crippen LogP contribution in [0.2, 0.25) is 0 Å². The van der Waals surface area contributed by atoms with Crippen molar-refractivity contribution in [3.8, 4) is 17.1 Å². The molecule has 0 saturated carbocycles. The fourth-order valence-corrected chi connectivity index (χ4v) is 2.36. The highest BCUT2D eigenvalue weighted by Crippen LogP contribution is 2.26. The van der Waals surface area contributed by atoms with Crippen molar-refractivity contribution >= 4 is 22.8 Å². The number of carbonyl (C=O) groups is 2. The number of nitrogens with zero attached hydrogens (tertiary/aromatic N) is 4. The van der Waals surface area contributed by atoms with Crippen LogP contribution in [0.4, 0.5) is 0 Å². The Morgan fingerprint density at radius 1 is 1.25 bits per heavy atom. The van der Waals surface area contributed by atoms with Crippen LogP contribution in [-0.4, -0.2) is 43.8 Å². The second kappa shape index (κ2) is 5.95. The van der Waals surface area contributed by atoms with E-state index in [1.54, 1.807) is 30.6 Å². The molecular weight excluding hydrogens is 314 g/mol. The Hall–Kier alpha value is -3.49. The Labute approximate surface area is 135 Å². The van der Waals surface area contributed by atoms with Crippen molar-refractivity contribution in [2.45, 2.75) is 6.54 Å². The Kier molecular flexibility index (Phi) is 3.82. The molecule has 0 bridgehead atoms. The van der Waals surface area contributed by atoms with E-state index in [-0.39, 0.29) is 18.2 Å². The average molecular weight is 327 g/mol. The number of hydrogen-bond acceptors (Lipinski definition) is 6. The minimum absolute atomic E-state index is 0.0162. The van der Waals surface area contributed by atoms with Gasteiger partial charge in [0.1, 0.15) is 6.54 Å². The van der Waals surface area contributed by atoms with Gasteiger partial charge in [-0.05, 0) is 17.7 Å². The predicted octanol–water partition coefficient (Wildman–Crippen LogP) is 0.685. The molecule has 0 atom stereocenters. The molecule has 3 aromatic rings. The topological polar surface area (TPSA) is 133 Å². The van der Waals surface area contributed by atoms with Crippen molar-refractivity contribution in [1.82, 2.24) is 19.7 Å². The Balaban J connectivity index is 2.13. The monoisotopic (exact) mass is 327 g/mol. The highest BCUT2D eigenvalue weighted by atomic mass is 16.5. The molecule has 0 spiro atoms. The second-order valence-corrected chi connectivity index (χ2v) is 4.95. The summed E-state index contributed by atoms with van der Waals surface area (Å²) in [4.78, 5) is 30.6. The number of fused-ring (bicyclic) bond motifs is 1. The molecule has 1 aromatic carbocycles. The maximum atomic E-state index is 11.6. The van der Waals surface area contributed by atoms with Gasteiger partial charge in [0.2, 0.25) is 0 Å². The van der Waals surface area contributed by atoms with E-state index in [1.165, 1.54) is 11.8 Å². The maximum Gasteiger partial charge on any atom is 0.325 e. The lowest BCUT2D eigenvalue weighted by atomic mass is 10.1. The van der Waals surface area contributed by atoms with E-state index in [9.17, 15) is 9.59 Å². The van der Waals surface area contributed by atoms with Crippen molar-refractivity contribution in [1.29, 1.82) is 0 Å². The molecule has 0 unspecified atom stereocenters. The second-order valence-electron chi connectivity index (χ2n) is 4.95. The standard InChI is InChI=1S/C15H13N5O4/c1-24-15-17-5-9(6-18-15)8-2-3-11-10(4-8)13(14(16)23)19-20(11)7-12(21)22/h2-6H,7H2,1H3,(H2,16,23)(H,21,22). The van der Waals surface area contributed by atoms with E-state index in [4.69, 9.17) is 15.6 Å². The van der Waals surface area contributed by atoms with Gasteiger partial charge in [-0.25, -0.2) is 9.97 Å². The summed E-state index contributed by atoms with van der Waals surface area (Å²) < 4.78 is 6.14. The van der Waals surface area contributed by atoms with Crippen LogP contribution in [0.25, 0.3) is 22.0 Å². The van der Waals surface area contributed by atoms with Gasteiger partial charge >= 0.3 is 12.0 Å². The molecule has 0 aliphatic heterocycles. The van der Waals surface area contributed by atoms with Gasteiger partial charge in [-0.1, -0.05) is 6.07 Å². The Morgan fingerprint density at radius 2 is 1.96 bits per heavy atom. The summed E-state index contributed by atoms with van der Waals surface area (Å²) in [5.41, 5.74) is 7.31. The van der Waals surface area contributed by atoms with Gasteiger partial charge in [-0.3, -0.25) is 14.3 Å². The molecule has 0 saturated heterocycles. The molecule has 0 radical (unpaired) electrons. The number of nitrogens with two attached hydrogens (primary N) is 1. The lowest BCUT2D eigenvalue weighted by Gasteiger charge is -2.04. The third-order valence-corrected chi connectivity index (χ3v) is 3.41. The van der Waals surface area contributed by atoms with E-state index < -0.39 is 11.9 Å². The zero-order valence-electron chi connectivity index (χ0n) is 12.6. The van der Waals surface area contributed by atoms with Crippen LogP contribution >= 0.6 is 0 Å². The molecule has 0 aliphatic carbocycles. The number of methoxy groups -OCH3 is 1. The predicted molar refractivity (Wildman–Crippen MR) is 83.5 cm³/mol. The maximum absolute atomic E-state index is 11.6. The summed E-state index contributed by atoms with van der Waals surface area (Å²) in [5, 5.41) is 13.4. The summed E-state index contributed by atoms with van der Waals surface area (Å²) in [7, 11) is 1.47. The van der Waals surface area contributed by atoms with E-state index in [0.29, 0.717) is 16.5 Å². The number of aromatic nitrogens is 4. The molecular formula is C15H13N5O4. The van der Waals surface area contributed by atoms with Gasteiger partial charge in [-0.15, -0.1) is 0 Å². The number of carbonyl (C=O) groups excluding carboxylic acids is 1. The minimum atomic E-state index is -1.07. The zero-order valence-corrected chi connectivity index (χ0v) is 12.6. The van der Waals surface area contributed by atoms with Crippen molar-refractivity contribution in [2.24, 2.45) is 5.73 Å². The number of ether oxygens (including phenoxy) is 1. The molecule has 1 amide bonds. The molecule has 0 aliphatic rings. The van der Waals surface area contributed by atoms with Crippen LogP contribution < -0.4 is 10.5 Å². The van der Waals surface area contributed by atoms with Crippen LogP contribution in [0.15, 0.2) is 30.6 Å². The Bertz CT molecular complexity index is 933. The average Bonchev–Trinajstić information content (AvgIpc) is 2.92. The summed E-state index contributed by atoms with van der Waals surface area (Å²) in [6.45, 7) is -0.366. The highest BCUT2D eigenvalue weighted by Gasteiger charge is 2.17. The largest absolute Gasteiger partial charge is 0.480 e. The number of rotatable bonds is 5. The normalized spacial score (nSPS) is 10.7. The van der Waals surface area contributed by atoms with E-state index in [1.807, 2.05) is 0 Å². The molecule has 24 heavy (non-hydrogen) atoms. The van der Waals surface area contributed by atoms with Crippen LogP contribution in [0, 0.1) is 0 Å². The van der Waals surface area contributed by atoms with Crippen LogP contribution in [0.3, 0.4) is 0 Å². The van der Waals surface area contributed by atoms with Gasteiger partial charge in [-0.2, -0.15) is 5.10 Å². The number of hydrogen-bond donors (Lipinski definition) is 2. The van der Waals surface area contributed by atoms with E-state index in [2.05, 4.69) is 15.1 Å². The third kappa shape index (κ3) is 2.74. The molecule has 2 aromatic heterocycles. The third-order valence-electron chi connectivity index (χ3n) is 3.41. The van der Waals surface area contributed by atoms with Gasteiger partial charge in [0, 0.05) is 23.3 Å². The molecule has 3 rings (SSSR count).